The predicted molar refractivity (Wildman–Crippen MR) is 117 cm³/mol. The van der Waals surface area contributed by atoms with Crippen LogP contribution in [0.4, 0.5) is 0 Å². The first-order valence-corrected chi connectivity index (χ1v) is 10.0. The maximum Gasteiger partial charge on any atom is 0.191 e. The minimum atomic E-state index is 0. The molecule has 2 heterocycles. The van der Waals surface area contributed by atoms with E-state index in [0.717, 1.165) is 24.5 Å². The fourth-order valence-corrected chi connectivity index (χ4v) is 4.14. The van der Waals surface area contributed by atoms with E-state index in [1.165, 1.54) is 51.9 Å². The van der Waals surface area contributed by atoms with Gasteiger partial charge in [-0.3, -0.25) is 14.8 Å². The lowest BCUT2D eigenvalue weighted by Gasteiger charge is -2.35. The highest BCUT2D eigenvalue weighted by Crippen LogP contribution is 2.31. The number of hydrogen-bond acceptors (Lipinski definition) is 3. The van der Waals surface area contributed by atoms with Crippen LogP contribution in [0, 0.1) is 11.8 Å². The van der Waals surface area contributed by atoms with Crippen molar-refractivity contribution < 1.29 is 0 Å². The number of piperidine rings is 1. The molecule has 3 unspecified atom stereocenters. The quantitative estimate of drug-likeness (QED) is 0.373. The monoisotopic (exact) mass is 463 g/mol. The molecule has 146 valence electrons. The number of likely N-dealkylation sites (tertiary alicyclic amines) is 2. The smallest absolute Gasteiger partial charge is 0.191 e. The van der Waals surface area contributed by atoms with Crippen LogP contribution < -0.4 is 10.6 Å². The molecule has 1 aliphatic carbocycles. The van der Waals surface area contributed by atoms with Gasteiger partial charge in [0.25, 0.3) is 0 Å². The average molecular weight is 463 g/mol. The largest absolute Gasteiger partial charge is 0.355 e. The molecule has 6 heteroatoms. The molecule has 1 saturated carbocycles. The maximum atomic E-state index is 4.46. The van der Waals surface area contributed by atoms with Crippen molar-refractivity contribution in [1.29, 1.82) is 0 Å². The maximum absolute atomic E-state index is 4.46. The molecule has 0 aromatic heterocycles. The molecule has 0 spiro atoms. The third-order valence-corrected chi connectivity index (χ3v) is 6.26. The fraction of sp³-hybridized carbons (Fsp3) is 0.947. The molecule has 0 radical (unpaired) electrons. The molecule has 5 nitrogen and oxygen atoms in total. The topological polar surface area (TPSA) is 42.9 Å². The third kappa shape index (κ3) is 5.96. The first kappa shape index (κ1) is 21.2. The number of nitrogens with zero attached hydrogens (tertiary/aromatic N) is 3. The van der Waals surface area contributed by atoms with Crippen molar-refractivity contribution in [1.82, 2.24) is 20.4 Å². The Morgan fingerprint density at radius 2 is 1.80 bits per heavy atom. The zero-order valence-electron chi connectivity index (χ0n) is 16.5. The van der Waals surface area contributed by atoms with Gasteiger partial charge >= 0.3 is 0 Å². The highest BCUT2D eigenvalue weighted by molar-refractivity contribution is 14.0. The van der Waals surface area contributed by atoms with Crippen molar-refractivity contribution in [2.45, 2.75) is 64.6 Å². The molecule has 3 rings (SSSR count). The summed E-state index contributed by atoms with van der Waals surface area (Å²) in [5.41, 5.74) is 0. The Labute approximate surface area is 171 Å². The van der Waals surface area contributed by atoms with Gasteiger partial charge in [0, 0.05) is 44.8 Å². The molecule has 2 saturated heterocycles. The van der Waals surface area contributed by atoms with Gasteiger partial charge in [-0.1, -0.05) is 13.8 Å². The number of rotatable bonds is 5. The summed E-state index contributed by atoms with van der Waals surface area (Å²) < 4.78 is 0. The number of guanidine groups is 1. The Balaban J connectivity index is 0.00000225. The van der Waals surface area contributed by atoms with E-state index in [-0.39, 0.29) is 24.0 Å². The molecule has 0 amide bonds. The van der Waals surface area contributed by atoms with Crippen molar-refractivity contribution in [3.63, 3.8) is 0 Å². The molecule has 2 N–H and O–H groups in total. The van der Waals surface area contributed by atoms with E-state index in [0.29, 0.717) is 18.0 Å². The van der Waals surface area contributed by atoms with Gasteiger partial charge in [-0.25, -0.2) is 0 Å². The fourth-order valence-electron chi connectivity index (χ4n) is 4.14. The van der Waals surface area contributed by atoms with Crippen LogP contribution in [0.15, 0.2) is 4.99 Å². The lowest BCUT2D eigenvalue weighted by atomic mass is 9.98. The van der Waals surface area contributed by atoms with Crippen LogP contribution in [0.2, 0.25) is 0 Å². The van der Waals surface area contributed by atoms with Gasteiger partial charge in [-0.2, -0.15) is 0 Å². The molecular formula is C19H38IN5. The van der Waals surface area contributed by atoms with Crippen LogP contribution in [-0.4, -0.2) is 73.7 Å². The van der Waals surface area contributed by atoms with Crippen LogP contribution in [0.3, 0.4) is 0 Å². The predicted octanol–water partition coefficient (Wildman–Crippen LogP) is 2.37. The third-order valence-electron chi connectivity index (χ3n) is 6.26. The van der Waals surface area contributed by atoms with Gasteiger partial charge in [0.15, 0.2) is 5.96 Å². The van der Waals surface area contributed by atoms with Crippen molar-refractivity contribution in [2.24, 2.45) is 16.8 Å². The minimum absolute atomic E-state index is 0. The van der Waals surface area contributed by atoms with Crippen molar-refractivity contribution in [2.75, 3.05) is 39.8 Å². The number of halogens is 1. The number of aliphatic imine (C=N–C) groups is 1. The van der Waals surface area contributed by atoms with Gasteiger partial charge < -0.3 is 10.6 Å². The van der Waals surface area contributed by atoms with E-state index in [4.69, 9.17) is 0 Å². The molecule has 0 bridgehead atoms. The van der Waals surface area contributed by atoms with Crippen molar-refractivity contribution in [3.8, 4) is 0 Å². The molecule has 25 heavy (non-hydrogen) atoms. The zero-order chi connectivity index (χ0) is 17.1. The summed E-state index contributed by atoms with van der Waals surface area (Å²) in [5.74, 6) is 2.57. The highest BCUT2D eigenvalue weighted by atomic mass is 127. The molecule has 2 aliphatic heterocycles. The van der Waals surface area contributed by atoms with Crippen LogP contribution in [0.1, 0.15) is 46.5 Å². The van der Waals surface area contributed by atoms with Crippen LogP contribution in [-0.2, 0) is 0 Å². The minimum Gasteiger partial charge on any atom is -0.355 e. The summed E-state index contributed by atoms with van der Waals surface area (Å²) in [7, 11) is 1.89. The van der Waals surface area contributed by atoms with Crippen LogP contribution >= 0.6 is 24.0 Å². The lowest BCUT2D eigenvalue weighted by Crippen LogP contribution is -2.51. The first-order chi connectivity index (χ1) is 11.6. The molecule has 0 aromatic rings. The van der Waals surface area contributed by atoms with Gasteiger partial charge in [0.05, 0.1) is 0 Å². The number of nitrogens with one attached hydrogen (secondary N) is 2. The Hall–Kier alpha value is -0.0800. The van der Waals surface area contributed by atoms with Gasteiger partial charge in [-0.05, 0) is 57.5 Å². The Morgan fingerprint density at radius 3 is 2.40 bits per heavy atom. The molecule has 3 fully saturated rings. The first-order valence-electron chi connectivity index (χ1n) is 10.0. The molecular weight excluding hydrogens is 425 g/mol. The van der Waals surface area contributed by atoms with Crippen molar-refractivity contribution in [3.05, 3.63) is 0 Å². The Bertz CT molecular complexity index is 432. The van der Waals surface area contributed by atoms with Crippen LogP contribution in [0.25, 0.3) is 0 Å². The van der Waals surface area contributed by atoms with Crippen molar-refractivity contribution >= 4 is 29.9 Å². The summed E-state index contributed by atoms with van der Waals surface area (Å²) in [6.07, 6.45) is 5.48. The Kier molecular flexibility index (Phi) is 8.27. The summed E-state index contributed by atoms with van der Waals surface area (Å²) in [6.45, 7) is 12.9. The second-order valence-corrected chi connectivity index (χ2v) is 8.43. The van der Waals surface area contributed by atoms with E-state index in [1.54, 1.807) is 0 Å². The van der Waals surface area contributed by atoms with Gasteiger partial charge in [0.2, 0.25) is 0 Å². The van der Waals surface area contributed by atoms with E-state index in [2.05, 4.69) is 46.2 Å². The second-order valence-electron chi connectivity index (χ2n) is 8.43. The molecule has 3 aliphatic rings. The summed E-state index contributed by atoms with van der Waals surface area (Å²) in [5, 5.41) is 7.24. The Morgan fingerprint density at radius 1 is 1.12 bits per heavy atom. The van der Waals surface area contributed by atoms with E-state index in [1.807, 2.05) is 7.05 Å². The normalized spacial score (nSPS) is 30.8. The van der Waals surface area contributed by atoms with Crippen LogP contribution in [0.5, 0.6) is 0 Å². The summed E-state index contributed by atoms with van der Waals surface area (Å²) in [6, 6.07) is 1.97. The molecule has 3 atom stereocenters. The summed E-state index contributed by atoms with van der Waals surface area (Å²) >= 11 is 0. The standard InChI is InChI=1S/C19H37N5.HI/c1-14-7-9-23(10-8-14)16(3)11-21-19(20-4)22-18-13-24(12-15(18)2)17-5-6-17;/h14-18H,5-13H2,1-4H3,(H2,20,21,22);1H. The van der Waals surface area contributed by atoms with E-state index in [9.17, 15) is 0 Å². The average Bonchev–Trinajstić information content (AvgIpc) is 3.36. The lowest BCUT2D eigenvalue weighted by molar-refractivity contribution is 0.147. The SMILES string of the molecule is CN=C(NCC(C)N1CCC(C)CC1)NC1CN(C2CC2)CC1C.I. The molecule has 0 aromatic carbocycles. The van der Waals surface area contributed by atoms with E-state index < -0.39 is 0 Å². The highest BCUT2D eigenvalue weighted by Gasteiger charge is 2.38. The van der Waals surface area contributed by atoms with Gasteiger partial charge in [-0.15, -0.1) is 24.0 Å². The zero-order valence-corrected chi connectivity index (χ0v) is 18.8. The van der Waals surface area contributed by atoms with Gasteiger partial charge in [0.1, 0.15) is 0 Å². The second kappa shape index (κ2) is 9.74. The number of hydrogen-bond donors (Lipinski definition) is 2. The van der Waals surface area contributed by atoms with E-state index >= 15 is 0 Å². The summed E-state index contributed by atoms with van der Waals surface area (Å²) in [4.78, 5) is 9.74.